The molecule has 0 radical (unpaired) electrons. The minimum absolute atomic E-state index is 0.0494. The molecule has 0 saturated carbocycles. The number of hydrogen-bond donors (Lipinski definition) is 2. The number of aromatic nitrogens is 2. The zero-order valence-electron chi connectivity index (χ0n) is 14.2. The summed E-state index contributed by atoms with van der Waals surface area (Å²) in [4.78, 5) is 21.6. The first-order chi connectivity index (χ1) is 12.6. The van der Waals surface area contributed by atoms with Crippen molar-refractivity contribution in [2.75, 3.05) is 17.7 Å². The first-order valence-electron chi connectivity index (χ1n) is 7.98. The van der Waals surface area contributed by atoms with E-state index in [2.05, 4.69) is 15.3 Å². The molecule has 1 amide bonds. The molecule has 132 valence electrons. The van der Waals surface area contributed by atoms with E-state index in [1.54, 1.807) is 24.1 Å². The van der Waals surface area contributed by atoms with Gasteiger partial charge < -0.3 is 16.0 Å². The molecular formula is C19H18FN5O. The number of nitrogens with zero attached hydrogens (tertiary/aromatic N) is 3. The van der Waals surface area contributed by atoms with Crippen LogP contribution < -0.4 is 16.0 Å². The number of hydrogen-bond acceptors (Lipinski definition) is 5. The largest absolute Gasteiger partial charge is 0.382 e. The molecular weight excluding hydrogens is 333 g/mol. The monoisotopic (exact) mass is 351 g/mol. The normalized spacial score (nSPS) is 10.4. The smallest absolute Gasteiger partial charge is 0.273 e. The fourth-order valence-corrected chi connectivity index (χ4v) is 2.51. The van der Waals surface area contributed by atoms with Gasteiger partial charge in [0.2, 0.25) is 0 Å². The van der Waals surface area contributed by atoms with Crippen molar-refractivity contribution < 1.29 is 9.18 Å². The van der Waals surface area contributed by atoms with Crippen LogP contribution in [-0.2, 0) is 6.54 Å². The van der Waals surface area contributed by atoms with Crippen LogP contribution in [0.3, 0.4) is 0 Å². The number of carbonyl (C=O) groups excluding carboxylic acids is 1. The number of para-hydroxylation sites is 1. The summed E-state index contributed by atoms with van der Waals surface area (Å²) >= 11 is 0. The van der Waals surface area contributed by atoms with Crippen LogP contribution in [0.15, 0.2) is 60.9 Å². The Kier molecular flexibility index (Phi) is 5.07. The number of nitrogens with one attached hydrogen (secondary N) is 1. The summed E-state index contributed by atoms with van der Waals surface area (Å²) in [5, 5.41) is 2.66. The highest BCUT2D eigenvalue weighted by molar-refractivity contribution is 5.96. The lowest BCUT2D eigenvalue weighted by atomic mass is 10.1. The predicted octanol–water partition coefficient (Wildman–Crippen LogP) is 2.90. The summed E-state index contributed by atoms with van der Waals surface area (Å²) in [6.07, 6.45) is 2.79. The number of nitrogens with two attached hydrogens (primary N) is 1. The van der Waals surface area contributed by atoms with Crippen LogP contribution in [0.2, 0.25) is 0 Å². The second-order valence-corrected chi connectivity index (χ2v) is 5.65. The lowest BCUT2D eigenvalue weighted by molar-refractivity contribution is 0.0946. The Hall–Kier alpha value is -3.48. The van der Waals surface area contributed by atoms with Gasteiger partial charge in [0.05, 0.1) is 5.69 Å². The van der Waals surface area contributed by atoms with E-state index in [-0.39, 0.29) is 23.9 Å². The highest BCUT2D eigenvalue weighted by Gasteiger charge is 2.13. The first-order valence-corrected chi connectivity index (χ1v) is 7.98. The Bertz CT molecular complexity index is 917. The maximum atomic E-state index is 14.5. The van der Waals surface area contributed by atoms with Crippen molar-refractivity contribution >= 4 is 23.1 Å². The van der Waals surface area contributed by atoms with E-state index in [0.717, 1.165) is 5.69 Å². The van der Waals surface area contributed by atoms with Gasteiger partial charge in [-0.3, -0.25) is 4.79 Å². The highest BCUT2D eigenvalue weighted by Crippen LogP contribution is 2.26. The second kappa shape index (κ2) is 7.60. The van der Waals surface area contributed by atoms with Crippen LogP contribution in [0, 0.1) is 5.82 Å². The van der Waals surface area contributed by atoms with E-state index < -0.39 is 5.91 Å². The number of amides is 1. The average Bonchev–Trinajstić information content (AvgIpc) is 2.67. The lowest BCUT2D eigenvalue weighted by Gasteiger charge is -2.20. The van der Waals surface area contributed by atoms with E-state index in [1.807, 2.05) is 30.3 Å². The van der Waals surface area contributed by atoms with Crippen molar-refractivity contribution in [3.05, 3.63) is 78.0 Å². The van der Waals surface area contributed by atoms with Crippen molar-refractivity contribution in [2.45, 2.75) is 6.54 Å². The molecule has 0 saturated heterocycles. The Balaban J connectivity index is 1.70. The van der Waals surface area contributed by atoms with E-state index in [0.29, 0.717) is 11.3 Å². The minimum Gasteiger partial charge on any atom is -0.382 e. The fourth-order valence-electron chi connectivity index (χ4n) is 2.51. The summed E-state index contributed by atoms with van der Waals surface area (Å²) in [6.45, 7) is 0.154. The minimum atomic E-state index is -0.457. The number of carbonyl (C=O) groups is 1. The van der Waals surface area contributed by atoms with Crippen LogP contribution in [0.5, 0.6) is 0 Å². The van der Waals surface area contributed by atoms with E-state index >= 15 is 0 Å². The van der Waals surface area contributed by atoms with Crippen molar-refractivity contribution in [1.82, 2.24) is 15.3 Å². The van der Waals surface area contributed by atoms with Gasteiger partial charge in [-0.15, -0.1) is 0 Å². The molecule has 0 atom stereocenters. The van der Waals surface area contributed by atoms with E-state index in [9.17, 15) is 9.18 Å². The van der Waals surface area contributed by atoms with Crippen LogP contribution in [0.1, 0.15) is 16.1 Å². The molecule has 0 aliphatic rings. The Morgan fingerprint density at radius 1 is 1.15 bits per heavy atom. The van der Waals surface area contributed by atoms with Gasteiger partial charge in [-0.2, -0.15) is 0 Å². The molecule has 26 heavy (non-hydrogen) atoms. The molecule has 0 bridgehead atoms. The van der Waals surface area contributed by atoms with Gasteiger partial charge in [-0.1, -0.05) is 24.3 Å². The summed E-state index contributed by atoms with van der Waals surface area (Å²) in [5.74, 6) is -0.778. The second-order valence-electron chi connectivity index (χ2n) is 5.65. The Labute approximate surface area is 150 Å². The number of anilines is 3. The molecule has 3 N–H and O–H groups in total. The maximum Gasteiger partial charge on any atom is 0.273 e. The van der Waals surface area contributed by atoms with E-state index in [4.69, 9.17) is 5.73 Å². The molecule has 0 unspecified atom stereocenters. The SMILES string of the molecule is CN(c1ccccc1)c1ccc(CNC(=O)c2nccnc2N)cc1F. The van der Waals surface area contributed by atoms with Gasteiger partial charge in [-0.25, -0.2) is 14.4 Å². The maximum absolute atomic E-state index is 14.5. The first kappa shape index (κ1) is 17.3. The molecule has 2 aromatic carbocycles. The zero-order chi connectivity index (χ0) is 18.5. The molecule has 3 aromatic rings. The standard InChI is InChI=1S/C19H18FN5O/c1-25(14-5-3-2-4-6-14)16-8-7-13(11-15(16)20)12-24-19(26)17-18(21)23-10-9-22-17/h2-11H,12H2,1H3,(H2,21,23)(H,24,26). The van der Waals surface area contributed by atoms with Gasteiger partial charge >= 0.3 is 0 Å². The van der Waals surface area contributed by atoms with Crippen LogP contribution in [-0.4, -0.2) is 22.9 Å². The quantitative estimate of drug-likeness (QED) is 0.738. The lowest BCUT2D eigenvalue weighted by Crippen LogP contribution is -2.25. The van der Waals surface area contributed by atoms with Crippen LogP contribution in [0.25, 0.3) is 0 Å². The Morgan fingerprint density at radius 3 is 2.58 bits per heavy atom. The third-order valence-corrected chi connectivity index (χ3v) is 3.91. The highest BCUT2D eigenvalue weighted by atomic mass is 19.1. The van der Waals surface area contributed by atoms with Gasteiger partial charge in [0.1, 0.15) is 5.82 Å². The molecule has 0 spiro atoms. The predicted molar refractivity (Wildman–Crippen MR) is 98.5 cm³/mol. The van der Waals surface area contributed by atoms with Gasteiger partial charge in [0.15, 0.2) is 11.5 Å². The summed E-state index contributed by atoms with van der Waals surface area (Å²) < 4.78 is 14.5. The third kappa shape index (κ3) is 3.77. The molecule has 0 aliphatic carbocycles. The van der Waals surface area contributed by atoms with E-state index in [1.165, 1.54) is 18.5 Å². The zero-order valence-corrected chi connectivity index (χ0v) is 14.2. The number of halogens is 1. The average molecular weight is 351 g/mol. The van der Waals surface area contributed by atoms with Crippen molar-refractivity contribution in [3.63, 3.8) is 0 Å². The molecule has 1 aromatic heterocycles. The molecule has 0 fully saturated rings. The van der Waals surface area contributed by atoms with Crippen molar-refractivity contribution in [1.29, 1.82) is 0 Å². The summed E-state index contributed by atoms with van der Waals surface area (Å²) in [6, 6.07) is 14.3. The van der Waals surface area contributed by atoms with Crippen molar-refractivity contribution in [3.8, 4) is 0 Å². The Morgan fingerprint density at radius 2 is 1.88 bits per heavy atom. The number of rotatable bonds is 5. The summed E-state index contributed by atoms with van der Waals surface area (Å²) in [7, 11) is 1.80. The molecule has 0 aliphatic heterocycles. The van der Waals surface area contributed by atoms with Gasteiger partial charge in [0, 0.05) is 31.7 Å². The number of nitrogen functional groups attached to an aromatic ring is 1. The molecule has 3 rings (SSSR count). The fraction of sp³-hybridized carbons (Fsp3) is 0.105. The van der Waals surface area contributed by atoms with Gasteiger partial charge in [0.25, 0.3) is 5.91 Å². The summed E-state index contributed by atoms with van der Waals surface area (Å²) in [5.41, 5.74) is 7.63. The number of benzene rings is 2. The van der Waals surface area contributed by atoms with Gasteiger partial charge in [-0.05, 0) is 29.8 Å². The molecule has 7 heteroatoms. The van der Waals surface area contributed by atoms with Crippen molar-refractivity contribution in [2.24, 2.45) is 0 Å². The van der Waals surface area contributed by atoms with Crippen LogP contribution in [0.4, 0.5) is 21.6 Å². The van der Waals surface area contributed by atoms with Crippen LogP contribution >= 0.6 is 0 Å². The third-order valence-electron chi connectivity index (χ3n) is 3.91. The molecule has 6 nitrogen and oxygen atoms in total. The molecule has 1 heterocycles. The topological polar surface area (TPSA) is 84.1 Å².